The number of carboxylic acid groups (broad SMARTS) is 1. The van der Waals surface area contributed by atoms with Crippen molar-refractivity contribution in [2.75, 3.05) is 32.8 Å². The molecule has 1 saturated heterocycles. The summed E-state index contributed by atoms with van der Waals surface area (Å²) in [7, 11) is 0. The standard InChI is InChI=1S/C16H24N2O3/c1-12(2)13-4-3-5-14(10-13)15(11-19)17-6-8-18(9-7-17)16(20)21/h3-5,10,12,15,19H,6-9,11H2,1-2H3,(H,20,21). The van der Waals surface area contributed by atoms with E-state index in [4.69, 9.17) is 5.11 Å². The van der Waals surface area contributed by atoms with Gasteiger partial charge in [0.05, 0.1) is 12.6 Å². The van der Waals surface area contributed by atoms with E-state index >= 15 is 0 Å². The van der Waals surface area contributed by atoms with Gasteiger partial charge in [0, 0.05) is 26.2 Å². The smallest absolute Gasteiger partial charge is 0.407 e. The molecule has 0 bridgehead atoms. The van der Waals surface area contributed by atoms with Gasteiger partial charge in [-0.3, -0.25) is 4.90 Å². The zero-order valence-corrected chi connectivity index (χ0v) is 12.7. The van der Waals surface area contributed by atoms with Gasteiger partial charge < -0.3 is 15.1 Å². The van der Waals surface area contributed by atoms with Gasteiger partial charge in [-0.25, -0.2) is 4.79 Å². The second-order valence-corrected chi connectivity index (χ2v) is 5.83. The van der Waals surface area contributed by atoms with E-state index in [1.807, 2.05) is 12.1 Å². The summed E-state index contributed by atoms with van der Waals surface area (Å²) in [4.78, 5) is 14.5. The molecule has 1 aromatic rings. The largest absolute Gasteiger partial charge is 0.465 e. The average molecular weight is 292 g/mol. The number of aliphatic hydroxyl groups is 1. The van der Waals surface area contributed by atoms with Gasteiger partial charge >= 0.3 is 6.09 Å². The SMILES string of the molecule is CC(C)c1cccc(C(CO)N2CCN(C(=O)O)CC2)c1. The molecule has 5 heteroatoms. The minimum Gasteiger partial charge on any atom is -0.465 e. The minimum atomic E-state index is -0.864. The zero-order chi connectivity index (χ0) is 15.4. The van der Waals surface area contributed by atoms with Crippen molar-refractivity contribution in [2.24, 2.45) is 0 Å². The molecular formula is C16H24N2O3. The maximum absolute atomic E-state index is 10.9. The fraction of sp³-hybridized carbons (Fsp3) is 0.562. The molecule has 2 rings (SSSR count). The molecule has 1 fully saturated rings. The fourth-order valence-corrected chi connectivity index (χ4v) is 2.78. The minimum absolute atomic E-state index is 0.0502. The van der Waals surface area contributed by atoms with E-state index in [-0.39, 0.29) is 12.6 Å². The summed E-state index contributed by atoms with van der Waals surface area (Å²) in [5.41, 5.74) is 2.36. The van der Waals surface area contributed by atoms with Crippen molar-refractivity contribution >= 4 is 6.09 Å². The second-order valence-electron chi connectivity index (χ2n) is 5.83. The van der Waals surface area contributed by atoms with Crippen LogP contribution in [0.5, 0.6) is 0 Å². The van der Waals surface area contributed by atoms with Crippen molar-refractivity contribution in [3.05, 3.63) is 35.4 Å². The monoisotopic (exact) mass is 292 g/mol. The number of piperazine rings is 1. The van der Waals surface area contributed by atoms with Gasteiger partial charge in [0.15, 0.2) is 0 Å². The third-order valence-corrected chi connectivity index (χ3v) is 4.16. The molecule has 0 saturated carbocycles. The number of amides is 1. The molecule has 21 heavy (non-hydrogen) atoms. The summed E-state index contributed by atoms with van der Waals surface area (Å²) in [5.74, 6) is 0.452. The molecule has 0 radical (unpaired) electrons. The van der Waals surface area contributed by atoms with Crippen LogP contribution in [-0.2, 0) is 0 Å². The Hall–Kier alpha value is -1.59. The number of nitrogens with zero attached hydrogens (tertiary/aromatic N) is 2. The maximum Gasteiger partial charge on any atom is 0.407 e. The molecule has 0 spiro atoms. The summed E-state index contributed by atoms with van der Waals surface area (Å²) < 4.78 is 0. The quantitative estimate of drug-likeness (QED) is 0.892. The third-order valence-electron chi connectivity index (χ3n) is 4.16. The molecule has 1 unspecified atom stereocenters. The molecule has 1 aliphatic rings. The van der Waals surface area contributed by atoms with Gasteiger partial charge in [-0.1, -0.05) is 38.1 Å². The fourth-order valence-electron chi connectivity index (χ4n) is 2.78. The van der Waals surface area contributed by atoms with Crippen LogP contribution in [0.25, 0.3) is 0 Å². The topological polar surface area (TPSA) is 64.0 Å². The Bertz CT molecular complexity index is 482. The van der Waals surface area contributed by atoms with Crippen molar-refractivity contribution in [1.29, 1.82) is 0 Å². The van der Waals surface area contributed by atoms with E-state index in [9.17, 15) is 9.90 Å². The van der Waals surface area contributed by atoms with Gasteiger partial charge in [0.25, 0.3) is 0 Å². The van der Waals surface area contributed by atoms with E-state index in [0.29, 0.717) is 32.1 Å². The molecular weight excluding hydrogens is 268 g/mol. The Labute approximate surface area is 125 Å². The Balaban J connectivity index is 2.10. The van der Waals surface area contributed by atoms with E-state index < -0.39 is 6.09 Å². The summed E-state index contributed by atoms with van der Waals surface area (Å²) in [6.07, 6.45) is -0.864. The van der Waals surface area contributed by atoms with Crippen LogP contribution in [0.2, 0.25) is 0 Å². The van der Waals surface area contributed by atoms with Gasteiger partial charge in [-0.05, 0) is 17.0 Å². The Kier molecular flexibility index (Phi) is 5.20. The lowest BCUT2D eigenvalue weighted by Gasteiger charge is -2.37. The van der Waals surface area contributed by atoms with Crippen LogP contribution in [-0.4, -0.2) is 58.9 Å². The highest BCUT2D eigenvalue weighted by Gasteiger charge is 2.26. The second kappa shape index (κ2) is 6.91. The molecule has 1 heterocycles. The van der Waals surface area contributed by atoms with Crippen LogP contribution in [0.1, 0.15) is 36.9 Å². The highest BCUT2D eigenvalue weighted by Crippen LogP contribution is 2.25. The number of hydrogen-bond acceptors (Lipinski definition) is 3. The van der Waals surface area contributed by atoms with Crippen LogP contribution in [0.3, 0.4) is 0 Å². The van der Waals surface area contributed by atoms with E-state index in [1.165, 1.54) is 10.5 Å². The first-order valence-corrected chi connectivity index (χ1v) is 7.45. The molecule has 2 N–H and O–H groups in total. The number of carbonyl (C=O) groups is 1. The lowest BCUT2D eigenvalue weighted by atomic mass is 9.97. The lowest BCUT2D eigenvalue weighted by molar-refractivity contribution is 0.0627. The Morgan fingerprint density at radius 1 is 1.19 bits per heavy atom. The Morgan fingerprint density at radius 2 is 1.81 bits per heavy atom. The maximum atomic E-state index is 10.9. The lowest BCUT2D eigenvalue weighted by Crippen LogP contribution is -2.49. The molecule has 1 aromatic carbocycles. The van der Waals surface area contributed by atoms with Crippen molar-refractivity contribution in [1.82, 2.24) is 9.80 Å². The number of hydrogen-bond donors (Lipinski definition) is 2. The van der Waals surface area contributed by atoms with Crippen LogP contribution >= 0.6 is 0 Å². The molecule has 116 valence electrons. The predicted octanol–water partition coefficient (Wildman–Crippen LogP) is 2.14. The molecule has 1 aliphatic heterocycles. The van der Waals surface area contributed by atoms with Crippen LogP contribution in [0, 0.1) is 0 Å². The molecule has 0 aliphatic carbocycles. The molecule has 1 atom stereocenters. The van der Waals surface area contributed by atoms with Gasteiger partial charge in [0.1, 0.15) is 0 Å². The molecule has 0 aromatic heterocycles. The van der Waals surface area contributed by atoms with E-state index in [1.54, 1.807) is 0 Å². The molecule has 1 amide bonds. The van der Waals surface area contributed by atoms with Gasteiger partial charge in [-0.2, -0.15) is 0 Å². The zero-order valence-electron chi connectivity index (χ0n) is 12.7. The average Bonchev–Trinajstić information content (AvgIpc) is 2.49. The van der Waals surface area contributed by atoms with E-state index in [2.05, 4.69) is 30.9 Å². The van der Waals surface area contributed by atoms with Gasteiger partial charge in [0.2, 0.25) is 0 Å². The third kappa shape index (κ3) is 3.74. The summed E-state index contributed by atoms with van der Waals surface area (Å²) in [6.45, 7) is 6.66. The van der Waals surface area contributed by atoms with Crippen molar-refractivity contribution in [2.45, 2.75) is 25.8 Å². The van der Waals surface area contributed by atoms with Crippen molar-refractivity contribution in [3.63, 3.8) is 0 Å². The van der Waals surface area contributed by atoms with Crippen LogP contribution < -0.4 is 0 Å². The van der Waals surface area contributed by atoms with Crippen LogP contribution in [0.4, 0.5) is 4.79 Å². The normalized spacial score (nSPS) is 18.0. The highest BCUT2D eigenvalue weighted by atomic mass is 16.4. The first kappa shape index (κ1) is 15.8. The number of benzene rings is 1. The number of aliphatic hydroxyl groups excluding tert-OH is 1. The van der Waals surface area contributed by atoms with E-state index in [0.717, 1.165) is 5.56 Å². The first-order chi connectivity index (χ1) is 10.0. The van der Waals surface area contributed by atoms with Crippen molar-refractivity contribution < 1.29 is 15.0 Å². The summed E-state index contributed by atoms with van der Waals surface area (Å²) in [6, 6.07) is 8.26. The predicted molar refractivity (Wildman–Crippen MR) is 81.5 cm³/mol. The summed E-state index contributed by atoms with van der Waals surface area (Å²) in [5, 5.41) is 18.8. The van der Waals surface area contributed by atoms with Crippen LogP contribution in [0.15, 0.2) is 24.3 Å². The summed E-state index contributed by atoms with van der Waals surface area (Å²) >= 11 is 0. The molecule has 5 nitrogen and oxygen atoms in total. The Morgan fingerprint density at radius 3 is 2.33 bits per heavy atom. The van der Waals surface area contributed by atoms with Gasteiger partial charge in [-0.15, -0.1) is 0 Å². The number of rotatable bonds is 4. The first-order valence-electron chi connectivity index (χ1n) is 7.45. The highest BCUT2D eigenvalue weighted by molar-refractivity contribution is 5.65. The van der Waals surface area contributed by atoms with Crippen molar-refractivity contribution in [3.8, 4) is 0 Å².